The summed E-state index contributed by atoms with van der Waals surface area (Å²) in [6.07, 6.45) is -4.51. The molecule has 0 fully saturated rings. The highest BCUT2D eigenvalue weighted by molar-refractivity contribution is 8.16. The summed E-state index contributed by atoms with van der Waals surface area (Å²) in [6, 6.07) is 23.3. The normalized spacial score (nSPS) is 14.7. The smallest absolute Gasteiger partial charge is 0.338 e. The quantitative estimate of drug-likeness (QED) is 0.275. The van der Waals surface area contributed by atoms with Gasteiger partial charge in [-0.25, -0.2) is 4.98 Å². The molecule has 36 heavy (non-hydrogen) atoms. The fraction of sp³-hybridized carbons (Fsp3) is 0.241. The Morgan fingerprint density at radius 1 is 0.917 bits per heavy atom. The first-order chi connectivity index (χ1) is 17.1. The summed E-state index contributed by atoms with van der Waals surface area (Å²) in [5.74, 6) is 0.242. The second-order valence-electron chi connectivity index (χ2n) is 9.87. The minimum Gasteiger partial charge on any atom is -0.338 e. The lowest BCUT2D eigenvalue weighted by atomic mass is 9.87. The van der Waals surface area contributed by atoms with Crippen LogP contribution in [0.25, 0.3) is 10.8 Å². The van der Waals surface area contributed by atoms with Gasteiger partial charge in [0.2, 0.25) is 0 Å². The number of anilines is 3. The maximum absolute atomic E-state index is 13.5. The first kappa shape index (κ1) is 24.4. The van der Waals surface area contributed by atoms with Crippen LogP contribution in [0, 0.1) is 0 Å². The van der Waals surface area contributed by atoms with Gasteiger partial charge in [-0.05, 0) is 52.9 Å². The van der Waals surface area contributed by atoms with E-state index in [0.717, 1.165) is 33.1 Å². The van der Waals surface area contributed by atoms with E-state index in [9.17, 15) is 13.2 Å². The second-order valence-corrected chi connectivity index (χ2v) is 11.9. The molecule has 1 atom stereocenters. The van der Waals surface area contributed by atoms with E-state index in [0.29, 0.717) is 12.1 Å². The number of benzene rings is 3. The molecule has 2 heterocycles. The van der Waals surface area contributed by atoms with Gasteiger partial charge in [0.25, 0.3) is 0 Å². The van der Waals surface area contributed by atoms with Crippen molar-refractivity contribution < 1.29 is 13.2 Å². The maximum Gasteiger partial charge on any atom is 0.433 e. The molecular weight excluding hydrogens is 479 g/mol. The highest BCUT2D eigenvalue weighted by atomic mass is 32.2. The lowest BCUT2D eigenvalue weighted by Gasteiger charge is -2.30. The summed E-state index contributed by atoms with van der Waals surface area (Å²) in [5.41, 5.74) is 2.81. The highest BCUT2D eigenvalue weighted by Crippen LogP contribution is 2.47. The van der Waals surface area contributed by atoms with Crippen molar-refractivity contribution in [3.8, 4) is 0 Å². The number of nitrogens with one attached hydrogen (secondary N) is 1. The van der Waals surface area contributed by atoms with E-state index in [1.165, 1.54) is 5.56 Å². The molecule has 0 spiro atoms. The minimum atomic E-state index is -4.51. The van der Waals surface area contributed by atoms with Crippen LogP contribution in [-0.2, 0) is 18.1 Å². The third kappa shape index (κ3) is 4.48. The van der Waals surface area contributed by atoms with Crippen molar-refractivity contribution in [3.05, 3.63) is 89.6 Å². The van der Waals surface area contributed by atoms with E-state index in [1.54, 1.807) is 6.07 Å². The van der Waals surface area contributed by atoms with E-state index in [-0.39, 0.29) is 11.2 Å². The van der Waals surface area contributed by atoms with Gasteiger partial charge in [-0.2, -0.15) is 13.2 Å². The van der Waals surface area contributed by atoms with E-state index in [4.69, 9.17) is 0 Å². The van der Waals surface area contributed by atoms with E-state index >= 15 is 0 Å². The Bertz CT molecular complexity index is 1470. The van der Waals surface area contributed by atoms with Crippen LogP contribution in [0.4, 0.5) is 30.4 Å². The second kappa shape index (κ2) is 8.96. The van der Waals surface area contributed by atoms with Crippen LogP contribution in [-0.4, -0.2) is 10.4 Å². The largest absolute Gasteiger partial charge is 0.433 e. The van der Waals surface area contributed by atoms with Crippen molar-refractivity contribution in [2.45, 2.75) is 50.7 Å². The van der Waals surface area contributed by atoms with Gasteiger partial charge in [0.15, 0.2) is 0 Å². The van der Waals surface area contributed by atoms with Crippen LogP contribution in [0.3, 0.4) is 0 Å². The molecule has 0 bridgehead atoms. The van der Waals surface area contributed by atoms with Crippen molar-refractivity contribution in [2.24, 2.45) is 0 Å². The number of halogens is 3. The fourth-order valence-corrected chi connectivity index (χ4v) is 6.39. The molecule has 7 heteroatoms. The number of pyridine rings is 1. The Hall–Kier alpha value is -3.32. The number of aromatic nitrogens is 1. The van der Waals surface area contributed by atoms with E-state index < -0.39 is 22.5 Å². The van der Waals surface area contributed by atoms with Gasteiger partial charge < -0.3 is 9.62 Å². The summed E-state index contributed by atoms with van der Waals surface area (Å²) in [5, 5.41) is 7.51. The molecule has 1 aliphatic heterocycles. The van der Waals surface area contributed by atoms with Crippen molar-refractivity contribution in [1.82, 2.24) is 4.98 Å². The zero-order chi connectivity index (χ0) is 25.7. The molecule has 0 aliphatic carbocycles. The minimum absolute atomic E-state index is 0.0448. The van der Waals surface area contributed by atoms with Gasteiger partial charge in [-0.3, -0.25) is 0 Å². The molecule has 1 N–H and O–H groups in total. The Morgan fingerprint density at radius 3 is 2.31 bits per heavy atom. The third-order valence-electron chi connectivity index (χ3n) is 6.41. The fourth-order valence-electron chi connectivity index (χ4n) is 4.52. The van der Waals surface area contributed by atoms with Crippen molar-refractivity contribution in [2.75, 3.05) is 9.62 Å². The summed E-state index contributed by atoms with van der Waals surface area (Å²) in [4.78, 5) is 5.13. The predicted octanol–water partition coefficient (Wildman–Crippen LogP) is 8.68. The zero-order valence-electron chi connectivity index (χ0n) is 20.6. The van der Waals surface area contributed by atoms with Crippen molar-refractivity contribution >= 4 is 44.0 Å². The number of alkyl halides is 3. The molecule has 0 saturated carbocycles. The highest BCUT2D eigenvalue weighted by Gasteiger charge is 2.34. The molecule has 186 valence electrons. The van der Waals surface area contributed by atoms with E-state index in [1.807, 2.05) is 31.2 Å². The summed E-state index contributed by atoms with van der Waals surface area (Å²) >= 11 is 0. The molecule has 0 amide bonds. The molecule has 4 aromatic rings. The summed E-state index contributed by atoms with van der Waals surface area (Å²) < 4.78 is 42.7. The molecule has 0 radical (unpaired) electrons. The zero-order valence-corrected chi connectivity index (χ0v) is 21.5. The van der Waals surface area contributed by atoms with Crippen molar-refractivity contribution in [1.29, 1.82) is 0 Å². The van der Waals surface area contributed by atoms with Crippen LogP contribution in [0.2, 0.25) is 0 Å². The number of hydrogen-bond donors (Lipinski definition) is 1. The van der Waals surface area contributed by atoms with Gasteiger partial charge >= 0.3 is 6.18 Å². The average Bonchev–Trinajstić information content (AvgIpc) is 3.00. The predicted molar refractivity (Wildman–Crippen MR) is 145 cm³/mol. The summed E-state index contributed by atoms with van der Waals surface area (Å²) in [6.45, 7) is 9.03. The molecule has 1 unspecified atom stereocenters. The number of hydrogen-bond acceptors (Lipinski definition) is 3. The van der Waals surface area contributed by atoms with Crippen LogP contribution in [0.5, 0.6) is 0 Å². The Kier molecular flexibility index (Phi) is 6.07. The molecular formula is C29H28F3N3S. The van der Waals surface area contributed by atoms with Gasteiger partial charge in [-0.15, -0.1) is 0 Å². The SMILES string of the molecule is C/C=S(\c1ccc(C(C)(C)C)cc1)N1Cc2ccc(C(F)(F)F)nc2Nc2ccc3ccccc3c21. The molecule has 1 aliphatic rings. The third-order valence-corrected chi connectivity index (χ3v) is 8.40. The molecule has 3 aromatic carbocycles. The molecule has 0 saturated heterocycles. The van der Waals surface area contributed by atoms with Crippen LogP contribution in [0.15, 0.2) is 77.7 Å². The lowest BCUT2D eigenvalue weighted by molar-refractivity contribution is -0.141. The Morgan fingerprint density at radius 2 is 1.64 bits per heavy atom. The monoisotopic (exact) mass is 507 g/mol. The number of rotatable bonds is 2. The standard InChI is InChI=1S/C29H28F3N3S/c1-5-36(22-14-12-21(13-15-22)28(2,3)4)35-18-20-11-17-25(29(30,31)32)34-27(20)33-24-16-10-19-8-6-7-9-23(19)26(24)35/h5-17H,18H2,1-4H3,(H,33,34). The number of nitrogens with zero attached hydrogens (tertiary/aromatic N) is 2. The van der Waals surface area contributed by atoms with Crippen LogP contribution in [0.1, 0.15) is 44.5 Å². The van der Waals surface area contributed by atoms with Crippen LogP contribution < -0.4 is 9.62 Å². The first-order valence-corrected chi connectivity index (χ1v) is 13.1. The first-order valence-electron chi connectivity index (χ1n) is 11.8. The van der Waals surface area contributed by atoms with Gasteiger partial charge in [0, 0.05) is 15.8 Å². The maximum atomic E-state index is 13.5. The van der Waals surface area contributed by atoms with Gasteiger partial charge in [-0.1, -0.05) is 80.0 Å². The van der Waals surface area contributed by atoms with Crippen LogP contribution >= 0.6 is 10.7 Å². The van der Waals surface area contributed by atoms with Gasteiger partial charge in [0.1, 0.15) is 11.5 Å². The Labute approximate surface area is 212 Å². The molecule has 3 nitrogen and oxygen atoms in total. The summed E-state index contributed by atoms with van der Waals surface area (Å²) in [7, 11) is -0.456. The van der Waals surface area contributed by atoms with Gasteiger partial charge in [0.05, 0.1) is 17.9 Å². The molecule has 1 aromatic heterocycles. The lowest BCUT2D eigenvalue weighted by Crippen LogP contribution is -2.17. The molecule has 5 rings (SSSR count). The van der Waals surface area contributed by atoms with Crippen molar-refractivity contribution in [3.63, 3.8) is 0 Å². The number of fused-ring (bicyclic) bond motifs is 4. The Balaban J connectivity index is 1.70. The topological polar surface area (TPSA) is 28.2 Å². The average molecular weight is 508 g/mol. The van der Waals surface area contributed by atoms with E-state index in [2.05, 4.69) is 77.1 Å².